The van der Waals surface area contributed by atoms with Crippen molar-refractivity contribution < 1.29 is 9.84 Å². The van der Waals surface area contributed by atoms with Crippen LogP contribution >= 0.6 is 11.3 Å². The van der Waals surface area contributed by atoms with E-state index in [0.29, 0.717) is 9.33 Å². The summed E-state index contributed by atoms with van der Waals surface area (Å²) >= 11 is 1.39. The van der Waals surface area contributed by atoms with E-state index in [9.17, 15) is 9.90 Å². The fraction of sp³-hybridized carbons (Fsp3) is 0.143. The van der Waals surface area contributed by atoms with Gasteiger partial charge in [-0.15, -0.1) is 0 Å². The van der Waals surface area contributed by atoms with Crippen molar-refractivity contribution in [3.63, 3.8) is 0 Å². The number of aromatic nitrogens is 1. The zero-order valence-corrected chi connectivity index (χ0v) is 19.4. The molecule has 168 valence electrons. The minimum Gasteiger partial charge on any atom is -0.508 e. The molecule has 4 aromatic rings. The quantitative estimate of drug-likeness (QED) is 0.496. The third-order valence-corrected chi connectivity index (χ3v) is 7.48. The van der Waals surface area contributed by atoms with Gasteiger partial charge in [0.25, 0.3) is 5.56 Å². The normalized spacial score (nSPS) is 17.0. The molecule has 0 amide bonds. The summed E-state index contributed by atoms with van der Waals surface area (Å²) in [4.78, 5) is 19.5. The number of aromatic hydroxyl groups is 1. The van der Waals surface area contributed by atoms with E-state index in [1.165, 1.54) is 16.9 Å². The van der Waals surface area contributed by atoms with Crippen molar-refractivity contribution in [3.8, 4) is 11.5 Å². The Hall–Kier alpha value is -3.90. The average Bonchev–Trinajstić information content (AvgIpc) is 3.18. The summed E-state index contributed by atoms with van der Waals surface area (Å²) in [6.45, 7) is 0. The van der Waals surface area contributed by atoms with E-state index in [4.69, 9.17) is 9.73 Å². The number of fused-ring (bicyclic) bond motifs is 3. The first kappa shape index (κ1) is 20.7. The van der Waals surface area contributed by atoms with E-state index in [-0.39, 0.29) is 17.4 Å². The molecule has 3 aromatic carbocycles. The van der Waals surface area contributed by atoms with Gasteiger partial charge in [0.2, 0.25) is 0 Å². The van der Waals surface area contributed by atoms with Crippen LogP contribution in [0.4, 0.5) is 0 Å². The van der Waals surface area contributed by atoms with Gasteiger partial charge in [0.1, 0.15) is 11.5 Å². The molecule has 1 atom stereocenters. The highest BCUT2D eigenvalue weighted by Crippen LogP contribution is 2.43. The van der Waals surface area contributed by atoms with E-state index in [2.05, 4.69) is 18.2 Å². The number of thiazole rings is 1. The second kappa shape index (κ2) is 8.15. The van der Waals surface area contributed by atoms with E-state index >= 15 is 0 Å². The lowest BCUT2D eigenvalue weighted by atomic mass is 9.83. The topological polar surface area (TPSA) is 63.8 Å². The monoisotopic (exact) mass is 466 g/mol. The summed E-state index contributed by atoms with van der Waals surface area (Å²) in [5, 5.41) is 9.61. The molecule has 1 N–H and O–H groups in total. The summed E-state index contributed by atoms with van der Waals surface area (Å²) in [5.74, 6) is 0.953. The number of hydrogen-bond donors (Lipinski definition) is 1. The molecule has 0 spiro atoms. The standard InChI is InChI=1S/C28H22N2O3S/c1-33-23-9-5-4-8-21(23)26-22-15-12-18-6-2-3-7-20(18)25(22)29-28-30(26)27(32)24(34-28)16-17-10-13-19(31)14-11-17/h2-11,13-14,16,26,31H,12,15H2,1H3/b24-16+/t26-/m1/s1. The first-order chi connectivity index (χ1) is 16.6. The van der Waals surface area contributed by atoms with Gasteiger partial charge in [0.05, 0.1) is 23.4 Å². The third kappa shape index (κ3) is 3.30. The molecule has 1 aromatic heterocycles. The largest absolute Gasteiger partial charge is 0.508 e. The number of ether oxygens (including phenoxy) is 1. The molecule has 2 heterocycles. The maximum absolute atomic E-state index is 13.8. The van der Waals surface area contributed by atoms with Crippen molar-refractivity contribution in [2.75, 3.05) is 7.11 Å². The zero-order chi connectivity index (χ0) is 23.2. The molecule has 6 rings (SSSR count). The summed E-state index contributed by atoms with van der Waals surface area (Å²) in [7, 11) is 1.67. The number of para-hydroxylation sites is 1. The van der Waals surface area contributed by atoms with E-state index in [0.717, 1.165) is 46.6 Å². The number of methoxy groups -OCH3 is 1. The van der Waals surface area contributed by atoms with E-state index in [1.54, 1.807) is 31.4 Å². The van der Waals surface area contributed by atoms with Crippen molar-refractivity contribution in [2.24, 2.45) is 4.99 Å². The van der Waals surface area contributed by atoms with Crippen LogP contribution in [0.25, 0.3) is 11.8 Å². The van der Waals surface area contributed by atoms with Gasteiger partial charge >= 0.3 is 0 Å². The zero-order valence-electron chi connectivity index (χ0n) is 18.6. The van der Waals surface area contributed by atoms with Gasteiger partial charge in [0.15, 0.2) is 4.80 Å². The average molecular weight is 467 g/mol. The smallest absolute Gasteiger partial charge is 0.271 e. The molecule has 1 aliphatic carbocycles. The number of phenols is 1. The molecule has 0 fully saturated rings. The maximum atomic E-state index is 13.8. The minimum absolute atomic E-state index is 0.0712. The Morgan fingerprint density at radius 3 is 2.62 bits per heavy atom. The highest BCUT2D eigenvalue weighted by molar-refractivity contribution is 7.07. The third-order valence-electron chi connectivity index (χ3n) is 6.50. The molecular weight excluding hydrogens is 444 g/mol. The Morgan fingerprint density at radius 1 is 1.03 bits per heavy atom. The molecule has 6 heteroatoms. The molecular formula is C28H22N2O3S. The molecule has 2 aliphatic rings. The molecule has 34 heavy (non-hydrogen) atoms. The predicted octanol–water partition coefficient (Wildman–Crippen LogP) is 4.03. The number of phenolic OH excluding ortho intramolecular Hbond substituents is 1. The van der Waals surface area contributed by atoms with Gasteiger partial charge in [0, 0.05) is 11.1 Å². The SMILES string of the molecule is COc1ccccc1[C@@H]1C2=C(N=c3s/c(=C/c4ccc(O)cc4)c(=O)n31)c1ccccc1CC2. The lowest BCUT2D eigenvalue weighted by molar-refractivity contribution is 0.402. The number of allylic oxidation sites excluding steroid dienone is 1. The van der Waals surface area contributed by atoms with Gasteiger partial charge in [-0.05, 0) is 53.8 Å². The highest BCUT2D eigenvalue weighted by Gasteiger charge is 2.33. The van der Waals surface area contributed by atoms with Crippen LogP contribution in [0.15, 0.2) is 88.2 Å². The van der Waals surface area contributed by atoms with Crippen molar-refractivity contribution in [1.29, 1.82) is 0 Å². The fourth-order valence-electron chi connectivity index (χ4n) is 4.91. The predicted molar refractivity (Wildman–Crippen MR) is 134 cm³/mol. The second-order valence-electron chi connectivity index (χ2n) is 8.45. The van der Waals surface area contributed by atoms with Crippen LogP contribution < -0.4 is 19.6 Å². The second-order valence-corrected chi connectivity index (χ2v) is 9.46. The summed E-state index contributed by atoms with van der Waals surface area (Å²) < 4.78 is 8.15. The van der Waals surface area contributed by atoms with E-state index in [1.807, 2.05) is 41.0 Å². The van der Waals surface area contributed by atoms with Crippen LogP contribution in [0.2, 0.25) is 0 Å². The molecule has 1 aliphatic heterocycles. The van der Waals surface area contributed by atoms with Crippen molar-refractivity contribution >= 4 is 23.1 Å². The van der Waals surface area contributed by atoms with Crippen molar-refractivity contribution in [1.82, 2.24) is 4.57 Å². The minimum atomic E-state index is -0.280. The molecule has 5 nitrogen and oxygen atoms in total. The Morgan fingerprint density at radius 2 is 1.79 bits per heavy atom. The van der Waals surface area contributed by atoms with Crippen LogP contribution in [0.5, 0.6) is 11.5 Å². The van der Waals surface area contributed by atoms with Gasteiger partial charge in [-0.3, -0.25) is 9.36 Å². The van der Waals surface area contributed by atoms with Crippen LogP contribution in [0, 0.1) is 0 Å². The van der Waals surface area contributed by atoms with Crippen LogP contribution in [0.1, 0.15) is 34.7 Å². The Bertz CT molecular complexity index is 1630. The van der Waals surface area contributed by atoms with Gasteiger partial charge in [-0.1, -0.05) is 65.9 Å². The lowest BCUT2D eigenvalue weighted by Crippen LogP contribution is -2.38. The number of hydrogen-bond acceptors (Lipinski definition) is 5. The summed E-state index contributed by atoms with van der Waals surface area (Å²) in [6.07, 6.45) is 3.60. The van der Waals surface area contributed by atoms with Crippen LogP contribution in [0.3, 0.4) is 0 Å². The van der Waals surface area contributed by atoms with Crippen molar-refractivity contribution in [2.45, 2.75) is 18.9 Å². The maximum Gasteiger partial charge on any atom is 0.271 e. The Kier molecular flexibility index (Phi) is 4.96. The van der Waals surface area contributed by atoms with E-state index < -0.39 is 0 Å². The fourth-order valence-corrected chi connectivity index (χ4v) is 5.91. The number of rotatable bonds is 3. The Balaban J connectivity index is 1.64. The van der Waals surface area contributed by atoms with Gasteiger partial charge in [-0.25, -0.2) is 4.99 Å². The molecule has 0 radical (unpaired) electrons. The van der Waals surface area contributed by atoms with Crippen molar-refractivity contribution in [3.05, 3.63) is 120 Å². The molecule has 0 bridgehead atoms. The summed E-state index contributed by atoms with van der Waals surface area (Å²) in [6, 6.07) is 22.9. The first-order valence-electron chi connectivity index (χ1n) is 11.2. The summed E-state index contributed by atoms with van der Waals surface area (Å²) in [5.41, 5.74) is 6.28. The van der Waals surface area contributed by atoms with Gasteiger partial charge in [-0.2, -0.15) is 0 Å². The number of aryl methyl sites for hydroxylation is 1. The number of benzene rings is 3. The number of nitrogens with zero attached hydrogens (tertiary/aromatic N) is 2. The first-order valence-corrected chi connectivity index (χ1v) is 12.0. The molecule has 0 unspecified atom stereocenters. The van der Waals surface area contributed by atoms with Crippen LogP contribution in [-0.4, -0.2) is 16.8 Å². The highest BCUT2D eigenvalue weighted by atomic mass is 32.1. The van der Waals surface area contributed by atoms with Gasteiger partial charge < -0.3 is 9.84 Å². The molecule has 0 saturated carbocycles. The Labute approximate surface area is 200 Å². The molecule has 0 saturated heterocycles. The lowest BCUT2D eigenvalue weighted by Gasteiger charge is -2.31. The van der Waals surface area contributed by atoms with Crippen LogP contribution in [-0.2, 0) is 6.42 Å².